The fraction of sp³-hybridized carbons (Fsp3) is 0.500. The van der Waals surface area contributed by atoms with Gasteiger partial charge in [-0.25, -0.2) is 0 Å². The Balaban J connectivity index is 2.22. The van der Waals surface area contributed by atoms with E-state index in [1.54, 1.807) is 13.2 Å². The first-order valence-electron chi connectivity index (χ1n) is 7.61. The molecule has 0 aliphatic carbocycles. The van der Waals surface area contributed by atoms with Gasteiger partial charge in [0, 0.05) is 6.42 Å². The van der Waals surface area contributed by atoms with E-state index in [4.69, 9.17) is 4.74 Å². The molecule has 1 rings (SSSR count). The number of hydrogen-bond acceptors (Lipinski definition) is 2. The Hall–Kier alpha value is -1.57. The Morgan fingerprint density at radius 3 is 2.35 bits per heavy atom. The first kappa shape index (κ1) is 16.5. The van der Waals surface area contributed by atoms with Crippen LogP contribution >= 0.6 is 0 Å². The molecule has 0 aliphatic rings. The number of carbonyl (C=O) groups excluding carboxylic acids is 1. The Bertz CT molecular complexity index is 404. The van der Waals surface area contributed by atoms with Gasteiger partial charge in [0.25, 0.3) is 0 Å². The molecule has 0 bridgehead atoms. The molecule has 0 spiro atoms. The summed E-state index contributed by atoms with van der Waals surface area (Å²) in [5.74, 6) is 1.05. The topological polar surface area (TPSA) is 26.3 Å². The predicted molar refractivity (Wildman–Crippen MR) is 85.0 cm³/mol. The van der Waals surface area contributed by atoms with Gasteiger partial charge in [0.2, 0.25) is 0 Å². The van der Waals surface area contributed by atoms with Crippen molar-refractivity contribution in [2.24, 2.45) is 0 Å². The Kier molecular flexibility index (Phi) is 8.44. The summed E-state index contributed by atoms with van der Waals surface area (Å²) in [5.41, 5.74) is 1.03. The normalized spacial score (nSPS) is 10.9. The maximum Gasteiger partial charge on any atom is 0.155 e. The van der Waals surface area contributed by atoms with Crippen molar-refractivity contribution in [1.82, 2.24) is 0 Å². The Morgan fingerprint density at radius 1 is 1.05 bits per heavy atom. The van der Waals surface area contributed by atoms with E-state index in [9.17, 15) is 4.79 Å². The number of allylic oxidation sites excluding steroid dienone is 1. The molecule has 1 aromatic rings. The zero-order valence-corrected chi connectivity index (χ0v) is 12.7. The molecule has 2 heteroatoms. The second-order valence-electron chi connectivity index (χ2n) is 5.09. The smallest absolute Gasteiger partial charge is 0.155 e. The van der Waals surface area contributed by atoms with Gasteiger partial charge in [-0.05, 0) is 30.2 Å². The number of ketones is 1. The number of hydrogen-bond donors (Lipinski definition) is 0. The third-order valence-electron chi connectivity index (χ3n) is 3.35. The number of methoxy groups -OCH3 is 1. The molecule has 0 fully saturated rings. The molecule has 0 heterocycles. The largest absolute Gasteiger partial charge is 0.497 e. The predicted octanol–water partition coefficient (Wildman–Crippen LogP) is 5.03. The van der Waals surface area contributed by atoms with E-state index in [1.807, 2.05) is 30.3 Å². The molecule has 0 amide bonds. The van der Waals surface area contributed by atoms with Crippen LogP contribution in [0, 0.1) is 0 Å². The Morgan fingerprint density at radius 2 is 1.70 bits per heavy atom. The molecule has 0 N–H and O–H groups in total. The van der Waals surface area contributed by atoms with E-state index in [0.29, 0.717) is 6.42 Å². The van der Waals surface area contributed by atoms with Gasteiger partial charge >= 0.3 is 0 Å². The minimum Gasteiger partial charge on any atom is -0.497 e. The highest BCUT2D eigenvalue weighted by molar-refractivity contribution is 5.93. The molecule has 0 saturated heterocycles. The van der Waals surface area contributed by atoms with Crippen LogP contribution in [0.25, 0.3) is 6.08 Å². The highest BCUT2D eigenvalue weighted by Crippen LogP contribution is 2.13. The third kappa shape index (κ3) is 7.13. The summed E-state index contributed by atoms with van der Waals surface area (Å²) >= 11 is 0. The first-order chi connectivity index (χ1) is 9.76. The quantitative estimate of drug-likeness (QED) is 0.442. The lowest BCUT2D eigenvalue weighted by molar-refractivity contribution is -0.114. The van der Waals surface area contributed by atoms with Crippen molar-refractivity contribution in [3.05, 3.63) is 35.9 Å². The molecule has 0 saturated carbocycles. The van der Waals surface area contributed by atoms with Gasteiger partial charge in [0.05, 0.1) is 7.11 Å². The Labute approximate surface area is 122 Å². The summed E-state index contributed by atoms with van der Waals surface area (Å²) in [6, 6.07) is 7.70. The monoisotopic (exact) mass is 274 g/mol. The third-order valence-corrected chi connectivity index (χ3v) is 3.35. The van der Waals surface area contributed by atoms with Crippen LogP contribution in [-0.2, 0) is 4.79 Å². The van der Waals surface area contributed by atoms with E-state index in [0.717, 1.165) is 17.7 Å². The minimum absolute atomic E-state index is 0.219. The molecule has 2 nitrogen and oxygen atoms in total. The molecule has 0 aromatic heterocycles. The molecule has 0 unspecified atom stereocenters. The molecule has 20 heavy (non-hydrogen) atoms. The summed E-state index contributed by atoms with van der Waals surface area (Å²) in [5, 5.41) is 0. The van der Waals surface area contributed by atoms with Crippen molar-refractivity contribution < 1.29 is 9.53 Å². The highest BCUT2D eigenvalue weighted by Gasteiger charge is 1.97. The van der Waals surface area contributed by atoms with Crippen LogP contribution in [0.1, 0.15) is 57.4 Å². The van der Waals surface area contributed by atoms with Crippen molar-refractivity contribution in [2.75, 3.05) is 7.11 Å². The van der Waals surface area contributed by atoms with E-state index < -0.39 is 0 Å². The van der Waals surface area contributed by atoms with Gasteiger partial charge < -0.3 is 4.74 Å². The van der Waals surface area contributed by atoms with Crippen LogP contribution in [0.5, 0.6) is 5.75 Å². The number of ether oxygens (including phenoxy) is 1. The number of rotatable bonds is 10. The van der Waals surface area contributed by atoms with Crippen LogP contribution < -0.4 is 4.74 Å². The minimum atomic E-state index is 0.219. The summed E-state index contributed by atoms with van der Waals surface area (Å²) in [6.07, 6.45) is 11.5. The molecular formula is C18H26O2. The summed E-state index contributed by atoms with van der Waals surface area (Å²) < 4.78 is 5.10. The maximum absolute atomic E-state index is 11.7. The average molecular weight is 274 g/mol. The van der Waals surface area contributed by atoms with Crippen molar-refractivity contribution >= 4 is 11.9 Å². The second-order valence-corrected chi connectivity index (χ2v) is 5.09. The SMILES string of the molecule is CCCCCCCCC(=O)/C=C/c1ccc(OC)cc1. The molecule has 0 aliphatic heterocycles. The van der Waals surface area contributed by atoms with Crippen LogP contribution in [0.2, 0.25) is 0 Å². The van der Waals surface area contributed by atoms with Crippen molar-refractivity contribution in [2.45, 2.75) is 51.9 Å². The van der Waals surface area contributed by atoms with Crippen molar-refractivity contribution in [3.8, 4) is 5.75 Å². The van der Waals surface area contributed by atoms with Crippen LogP contribution in [-0.4, -0.2) is 12.9 Å². The number of benzene rings is 1. The fourth-order valence-electron chi connectivity index (χ4n) is 2.07. The fourth-order valence-corrected chi connectivity index (χ4v) is 2.07. The summed E-state index contributed by atoms with van der Waals surface area (Å²) in [4.78, 5) is 11.7. The second kappa shape index (κ2) is 10.2. The van der Waals surface area contributed by atoms with Crippen molar-refractivity contribution in [1.29, 1.82) is 0 Å². The van der Waals surface area contributed by atoms with Gasteiger partial charge in [-0.2, -0.15) is 0 Å². The van der Waals surface area contributed by atoms with Crippen LogP contribution in [0.3, 0.4) is 0 Å². The van der Waals surface area contributed by atoms with Gasteiger partial charge in [-0.1, -0.05) is 57.2 Å². The van der Waals surface area contributed by atoms with Gasteiger partial charge in [0.15, 0.2) is 5.78 Å². The first-order valence-corrected chi connectivity index (χ1v) is 7.61. The van der Waals surface area contributed by atoms with Gasteiger partial charge in [-0.3, -0.25) is 4.79 Å². The van der Waals surface area contributed by atoms with E-state index in [1.165, 1.54) is 32.1 Å². The lowest BCUT2D eigenvalue weighted by Gasteiger charge is -2.00. The molecule has 0 atom stereocenters. The zero-order chi connectivity index (χ0) is 14.6. The van der Waals surface area contributed by atoms with Gasteiger partial charge in [0.1, 0.15) is 5.75 Å². The average Bonchev–Trinajstić information content (AvgIpc) is 2.49. The highest BCUT2D eigenvalue weighted by atomic mass is 16.5. The molecular weight excluding hydrogens is 248 g/mol. The lowest BCUT2D eigenvalue weighted by atomic mass is 10.1. The number of carbonyl (C=O) groups is 1. The molecule has 110 valence electrons. The number of unbranched alkanes of at least 4 members (excludes halogenated alkanes) is 5. The van der Waals surface area contributed by atoms with Gasteiger partial charge in [-0.15, -0.1) is 0 Å². The van der Waals surface area contributed by atoms with E-state index in [-0.39, 0.29) is 5.78 Å². The maximum atomic E-state index is 11.7. The summed E-state index contributed by atoms with van der Waals surface area (Å²) in [6.45, 7) is 2.22. The van der Waals surface area contributed by atoms with Crippen LogP contribution in [0.4, 0.5) is 0 Å². The standard InChI is InChI=1S/C18H26O2/c1-3-4-5-6-7-8-9-17(19)13-10-16-11-14-18(20-2)15-12-16/h10-15H,3-9H2,1-2H3/b13-10+. The molecule has 0 radical (unpaired) electrons. The van der Waals surface area contributed by atoms with Crippen LogP contribution in [0.15, 0.2) is 30.3 Å². The van der Waals surface area contributed by atoms with E-state index in [2.05, 4.69) is 6.92 Å². The van der Waals surface area contributed by atoms with E-state index >= 15 is 0 Å². The zero-order valence-electron chi connectivity index (χ0n) is 12.7. The molecule has 1 aromatic carbocycles. The van der Waals surface area contributed by atoms with Crippen molar-refractivity contribution in [3.63, 3.8) is 0 Å². The summed E-state index contributed by atoms with van der Waals surface area (Å²) in [7, 11) is 1.65. The lowest BCUT2D eigenvalue weighted by Crippen LogP contribution is -1.92.